The van der Waals surface area contributed by atoms with Gasteiger partial charge in [-0.1, -0.05) is 31.2 Å². The first-order valence-corrected chi connectivity index (χ1v) is 8.05. The van der Waals surface area contributed by atoms with E-state index >= 15 is 0 Å². The van der Waals surface area contributed by atoms with Crippen molar-refractivity contribution < 1.29 is 4.79 Å². The Labute approximate surface area is 139 Å². The minimum absolute atomic E-state index is 0.00264. The fourth-order valence-corrected chi connectivity index (χ4v) is 2.84. The Morgan fingerprint density at radius 3 is 2.57 bits per heavy atom. The largest absolute Gasteiger partial charge is 0.397 e. The van der Waals surface area contributed by atoms with E-state index in [1.165, 1.54) is 0 Å². The van der Waals surface area contributed by atoms with Crippen LogP contribution in [0.1, 0.15) is 29.3 Å². The molecule has 2 rings (SSSR count). The Bertz CT molecular complexity index is 655. The number of benzene rings is 2. The van der Waals surface area contributed by atoms with E-state index in [2.05, 4.69) is 29.5 Å². The summed E-state index contributed by atoms with van der Waals surface area (Å²) in [7, 11) is 0. The topological polar surface area (TPSA) is 46.3 Å². The number of halogens is 1. The zero-order valence-corrected chi connectivity index (χ0v) is 14.4. The Kier molecular flexibility index (Phi) is 5.22. The number of rotatable bonds is 4. The molecule has 21 heavy (non-hydrogen) atoms. The highest BCUT2D eigenvalue weighted by atomic mass is 127. The minimum atomic E-state index is 0.00264. The molecule has 0 bridgehead atoms. The van der Waals surface area contributed by atoms with Gasteiger partial charge in [0.05, 0.1) is 16.9 Å². The SMILES string of the molecule is CCCN(C(=O)c1cccc(C)c1I)c1ccccc1N. The number of hydrogen-bond donors (Lipinski definition) is 1. The smallest absolute Gasteiger partial charge is 0.259 e. The Hall–Kier alpha value is -1.56. The highest BCUT2D eigenvalue weighted by molar-refractivity contribution is 14.1. The van der Waals surface area contributed by atoms with Gasteiger partial charge in [-0.05, 0) is 59.7 Å². The summed E-state index contributed by atoms with van der Waals surface area (Å²) >= 11 is 2.23. The van der Waals surface area contributed by atoms with Crippen LogP contribution in [0.4, 0.5) is 11.4 Å². The van der Waals surface area contributed by atoms with Crippen LogP contribution in [0.15, 0.2) is 42.5 Å². The zero-order chi connectivity index (χ0) is 15.4. The van der Waals surface area contributed by atoms with E-state index < -0.39 is 0 Å². The predicted octanol–water partition coefficient (Wildman–Crippen LogP) is 4.24. The molecule has 0 saturated carbocycles. The van der Waals surface area contributed by atoms with Gasteiger partial charge in [-0.3, -0.25) is 4.79 Å². The average molecular weight is 394 g/mol. The van der Waals surface area contributed by atoms with Crippen LogP contribution in [0.3, 0.4) is 0 Å². The number of carbonyl (C=O) groups excluding carboxylic acids is 1. The molecule has 0 unspecified atom stereocenters. The van der Waals surface area contributed by atoms with Gasteiger partial charge in [0.1, 0.15) is 0 Å². The highest BCUT2D eigenvalue weighted by Crippen LogP contribution is 2.26. The molecule has 0 aliphatic rings. The Morgan fingerprint density at radius 2 is 1.90 bits per heavy atom. The number of para-hydroxylation sites is 2. The molecule has 110 valence electrons. The number of nitrogens with two attached hydrogens (primary N) is 1. The molecule has 0 saturated heterocycles. The number of aryl methyl sites for hydroxylation is 1. The van der Waals surface area contributed by atoms with Gasteiger partial charge in [0.2, 0.25) is 0 Å². The average Bonchev–Trinajstić information content (AvgIpc) is 2.48. The van der Waals surface area contributed by atoms with Gasteiger partial charge in [-0.15, -0.1) is 0 Å². The van der Waals surface area contributed by atoms with Crippen molar-refractivity contribution >= 4 is 39.9 Å². The van der Waals surface area contributed by atoms with Crippen molar-refractivity contribution in [3.8, 4) is 0 Å². The molecule has 2 N–H and O–H groups in total. The first-order valence-electron chi connectivity index (χ1n) is 6.97. The summed E-state index contributed by atoms with van der Waals surface area (Å²) in [5, 5.41) is 0. The molecule has 0 aliphatic heterocycles. The maximum atomic E-state index is 12.9. The minimum Gasteiger partial charge on any atom is -0.397 e. The molecule has 4 heteroatoms. The Morgan fingerprint density at radius 1 is 1.19 bits per heavy atom. The van der Waals surface area contributed by atoms with E-state index in [4.69, 9.17) is 5.73 Å². The lowest BCUT2D eigenvalue weighted by Crippen LogP contribution is -2.33. The van der Waals surface area contributed by atoms with Gasteiger partial charge in [-0.25, -0.2) is 0 Å². The number of anilines is 2. The lowest BCUT2D eigenvalue weighted by Gasteiger charge is -2.24. The molecule has 0 heterocycles. The third-order valence-corrected chi connectivity index (χ3v) is 4.77. The van der Waals surface area contributed by atoms with Crippen molar-refractivity contribution in [2.75, 3.05) is 17.2 Å². The van der Waals surface area contributed by atoms with Gasteiger partial charge in [-0.2, -0.15) is 0 Å². The van der Waals surface area contributed by atoms with Crippen molar-refractivity contribution in [2.45, 2.75) is 20.3 Å². The fourth-order valence-electron chi connectivity index (χ4n) is 2.25. The van der Waals surface area contributed by atoms with Crippen LogP contribution < -0.4 is 10.6 Å². The lowest BCUT2D eigenvalue weighted by atomic mass is 10.1. The zero-order valence-electron chi connectivity index (χ0n) is 12.3. The summed E-state index contributed by atoms with van der Waals surface area (Å²) in [5.41, 5.74) is 9.29. The van der Waals surface area contributed by atoms with Crippen molar-refractivity contribution in [2.24, 2.45) is 0 Å². The second-order valence-electron chi connectivity index (χ2n) is 4.95. The van der Waals surface area contributed by atoms with E-state index in [-0.39, 0.29) is 5.91 Å². The maximum absolute atomic E-state index is 12.9. The number of nitrogens with zero attached hydrogens (tertiary/aromatic N) is 1. The van der Waals surface area contributed by atoms with Crippen LogP contribution in [0, 0.1) is 10.5 Å². The normalized spacial score (nSPS) is 10.4. The molecule has 3 nitrogen and oxygen atoms in total. The maximum Gasteiger partial charge on any atom is 0.259 e. The van der Waals surface area contributed by atoms with Crippen molar-refractivity contribution in [3.05, 3.63) is 57.2 Å². The molecule has 0 aromatic heterocycles. The first kappa shape index (κ1) is 15.8. The van der Waals surface area contributed by atoms with Crippen LogP contribution in [0.5, 0.6) is 0 Å². The van der Waals surface area contributed by atoms with Crippen LogP contribution in [-0.4, -0.2) is 12.5 Å². The quantitative estimate of drug-likeness (QED) is 0.623. The molecule has 2 aromatic rings. The molecule has 0 spiro atoms. The van der Waals surface area contributed by atoms with E-state index in [9.17, 15) is 4.79 Å². The predicted molar refractivity (Wildman–Crippen MR) is 96.7 cm³/mol. The number of hydrogen-bond acceptors (Lipinski definition) is 2. The third-order valence-electron chi connectivity index (χ3n) is 3.34. The summed E-state index contributed by atoms with van der Waals surface area (Å²) in [4.78, 5) is 14.7. The van der Waals surface area contributed by atoms with Gasteiger partial charge in [0.25, 0.3) is 5.91 Å². The molecule has 0 radical (unpaired) electrons. The van der Waals surface area contributed by atoms with Crippen LogP contribution in [0.25, 0.3) is 0 Å². The molecule has 0 fully saturated rings. The number of nitrogen functional groups attached to an aromatic ring is 1. The molecule has 0 atom stereocenters. The second-order valence-corrected chi connectivity index (χ2v) is 6.03. The van der Waals surface area contributed by atoms with Gasteiger partial charge < -0.3 is 10.6 Å². The summed E-state index contributed by atoms with van der Waals surface area (Å²) < 4.78 is 0.996. The Balaban J connectivity index is 2.46. The summed E-state index contributed by atoms with van der Waals surface area (Å²) in [6.07, 6.45) is 0.877. The summed E-state index contributed by atoms with van der Waals surface area (Å²) in [5.74, 6) is 0.00264. The lowest BCUT2D eigenvalue weighted by molar-refractivity contribution is 0.0986. The molecule has 0 aliphatic carbocycles. The summed E-state index contributed by atoms with van der Waals surface area (Å²) in [6, 6.07) is 13.3. The standard InChI is InChI=1S/C17H19IN2O/c1-3-11-20(15-10-5-4-9-14(15)19)17(21)13-8-6-7-12(2)16(13)18/h4-10H,3,11,19H2,1-2H3. The number of carbonyl (C=O) groups is 1. The second kappa shape index (κ2) is 6.93. The molecule has 2 aromatic carbocycles. The van der Waals surface area contributed by atoms with Crippen molar-refractivity contribution in [1.82, 2.24) is 0 Å². The first-order chi connectivity index (χ1) is 10.1. The van der Waals surface area contributed by atoms with Gasteiger partial charge in [0.15, 0.2) is 0 Å². The van der Waals surface area contributed by atoms with E-state index in [0.29, 0.717) is 12.2 Å². The van der Waals surface area contributed by atoms with Crippen molar-refractivity contribution in [1.29, 1.82) is 0 Å². The van der Waals surface area contributed by atoms with Crippen LogP contribution in [0.2, 0.25) is 0 Å². The molecule has 1 amide bonds. The molecular formula is C17H19IN2O. The van der Waals surface area contributed by atoms with E-state index in [1.807, 2.05) is 49.4 Å². The monoisotopic (exact) mass is 394 g/mol. The van der Waals surface area contributed by atoms with Gasteiger partial charge in [0, 0.05) is 10.1 Å². The van der Waals surface area contributed by atoms with E-state index in [0.717, 1.165) is 26.8 Å². The van der Waals surface area contributed by atoms with Crippen molar-refractivity contribution in [3.63, 3.8) is 0 Å². The third kappa shape index (κ3) is 3.37. The molecular weight excluding hydrogens is 375 g/mol. The fraction of sp³-hybridized carbons (Fsp3) is 0.235. The van der Waals surface area contributed by atoms with E-state index in [1.54, 1.807) is 4.90 Å². The van der Waals surface area contributed by atoms with Gasteiger partial charge >= 0.3 is 0 Å². The highest BCUT2D eigenvalue weighted by Gasteiger charge is 2.21. The summed E-state index contributed by atoms with van der Waals surface area (Å²) in [6.45, 7) is 4.72. The van der Waals surface area contributed by atoms with Crippen LogP contribution in [-0.2, 0) is 0 Å². The number of amides is 1. The van der Waals surface area contributed by atoms with Crippen LogP contribution >= 0.6 is 22.6 Å².